The number of hydrogen-bond acceptors (Lipinski definition) is 1. The standard InChI is InChI=1S/C8H7BrF3N/c1-4-3-13-5(2-9)6(7(4)10)8(11)12/h3,8H,2H2,1H3. The average molecular weight is 254 g/mol. The SMILES string of the molecule is Cc1cnc(CBr)c(C(F)F)c1F. The molecule has 1 heterocycles. The Morgan fingerprint density at radius 3 is 2.62 bits per heavy atom. The lowest BCUT2D eigenvalue weighted by atomic mass is 10.1. The van der Waals surface area contributed by atoms with Gasteiger partial charge in [0.15, 0.2) is 0 Å². The minimum absolute atomic E-state index is 0.0538. The van der Waals surface area contributed by atoms with Crippen LogP contribution in [0.5, 0.6) is 0 Å². The molecule has 0 N–H and O–H groups in total. The van der Waals surface area contributed by atoms with Crippen molar-refractivity contribution in [1.29, 1.82) is 0 Å². The van der Waals surface area contributed by atoms with Gasteiger partial charge in [-0.1, -0.05) is 15.9 Å². The molecule has 13 heavy (non-hydrogen) atoms. The molecule has 0 radical (unpaired) electrons. The number of alkyl halides is 3. The fraction of sp³-hybridized carbons (Fsp3) is 0.375. The van der Waals surface area contributed by atoms with Gasteiger partial charge in [-0.15, -0.1) is 0 Å². The van der Waals surface area contributed by atoms with E-state index in [0.717, 1.165) is 0 Å². The van der Waals surface area contributed by atoms with Crippen LogP contribution < -0.4 is 0 Å². The minimum atomic E-state index is -2.82. The Kier molecular flexibility index (Phi) is 3.30. The van der Waals surface area contributed by atoms with Crippen LogP contribution in [-0.2, 0) is 5.33 Å². The number of aromatic nitrogens is 1. The largest absolute Gasteiger partial charge is 0.268 e. The summed E-state index contributed by atoms with van der Waals surface area (Å²) in [6, 6.07) is 0. The third-order valence-electron chi connectivity index (χ3n) is 1.65. The van der Waals surface area contributed by atoms with Crippen molar-refractivity contribution in [3.05, 3.63) is 28.8 Å². The van der Waals surface area contributed by atoms with Crippen LogP contribution in [0.1, 0.15) is 23.2 Å². The second-order valence-electron chi connectivity index (χ2n) is 2.55. The zero-order valence-corrected chi connectivity index (χ0v) is 8.41. The van der Waals surface area contributed by atoms with Gasteiger partial charge in [0.25, 0.3) is 6.43 Å². The van der Waals surface area contributed by atoms with Crippen molar-refractivity contribution in [2.24, 2.45) is 0 Å². The molecule has 0 atom stereocenters. The number of nitrogens with zero attached hydrogens (tertiary/aromatic N) is 1. The monoisotopic (exact) mass is 253 g/mol. The van der Waals surface area contributed by atoms with Crippen LogP contribution in [0.3, 0.4) is 0 Å². The van der Waals surface area contributed by atoms with Crippen LogP contribution in [0.2, 0.25) is 0 Å². The molecule has 0 aromatic carbocycles. The van der Waals surface area contributed by atoms with Crippen molar-refractivity contribution in [2.75, 3.05) is 0 Å². The highest BCUT2D eigenvalue weighted by Crippen LogP contribution is 2.27. The minimum Gasteiger partial charge on any atom is -0.259 e. The highest BCUT2D eigenvalue weighted by atomic mass is 79.9. The van der Waals surface area contributed by atoms with E-state index in [2.05, 4.69) is 20.9 Å². The van der Waals surface area contributed by atoms with E-state index in [1.807, 2.05) is 0 Å². The van der Waals surface area contributed by atoms with Gasteiger partial charge in [-0.05, 0) is 6.92 Å². The van der Waals surface area contributed by atoms with Crippen LogP contribution in [0.15, 0.2) is 6.20 Å². The molecule has 1 nitrogen and oxygen atoms in total. The summed E-state index contributed by atoms with van der Waals surface area (Å²) in [5, 5.41) is 0.129. The van der Waals surface area contributed by atoms with Crippen molar-refractivity contribution in [3.8, 4) is 0 Å². The van der Waals surface area contributed by atoms with Crippen molar-refractivity contribution in [2.45, 2.75) is 18.7 Å². The van der Waals surface area contributed by atoms with Crippen molar-refractivity contribution >= 4 is 15.9 Å². The summed E-state index contributed by atoms with van der Waals surface area (Å²) in [5.41, 5.74) is -0.407. The van der Waals surface area contributed by atoms with E-state index in [4.69, 9.17) is 0 Å². The van der Waals surface area contributed by atoms with Gasteiger partial charge in [0.1, 0.15) is 5.82 Å². The first kappa shape index (κ1) is 10.5. The molecule has 0 aliphatic heterocycles. The summed E-state index contributed by atoms with van der Waals surface area (Å²) in [6.07, 6.45) is -1.57. The van der Waals surface area contributed by atoms with Crippen LogP contribution in [0.25, 0.3) is 0 Å². The van der Waals surface area contributed by atoms with Crippen LogP contribution in [0.4, 0.5) is 13.2 Å². The zero-order chi connectivity index (χ0) is 10.0. The van der Waals surface area contributed by atoms with E-state index in [-0.39, 0.29) is 16.6 Å². The lowest BCUT2D eigenvalue weighted by Crippen LogP contribution is -2.02. The molecule has 1 aromatic rings. The third kappa shape index (κ3) is 2.02. The Hall–Kier alpha value is -0.580. The Balaban J connectivity index is 3.32. The summed E-state index contributed by atoms with van der Waals surface area (Å²) in [4.78, 5) is 3.71. The van der Waals surface area contributed by atoms with Crippen LogP contribution in [0, 0.1) is 12.7 Å². The molecule has 0 fully saturated rings. The number of pyridine rings is 1. The van der Waals surface area contributed by atoms with Gasteiger partial charge in [0.05, 0.1) is 11.3 Å². The molecule has 1 aromatic heterocycles. The molecule has 0 aliphatic carbocycles. The maximum atomic E-state index is 13.2. The van der Waals surface area contributed by atoms with E-state index >= 15 is 0 Å². The fourth-order valence-corrected chi connectivity index (χ4v) is 1.42. The Bertz CT molecular complexity index is 315. The van der Waals surface area contributed by atoms with Gasteiger partial charge in [0.2, 0.25) is 0 Å². The van der Waals surface area contributed by atoms with Gasteiger partial charge < -0.3 is 0 Å². The van der Waals surface area contributed by atoms with Crippen molar-refractivity contribution < 1.29 is 13.2 Å². The molecular weight excluding hydrogens is 247 g/mol. The first-order valence-electron chi connectivity index (χ1n) is 3.56. The maximum Gasteiger partial charge on any atom is 0.268 e. The normalized spacial score (nSPS) is 10.9. The molecule has 0 amide bonds. The van der Waals surface area contributed by atoms with E-state index < -0.39 is 17.8 Å². The Labute approximate surface area is 82.1 Å². The number of rotatable bonds is 2. The molecule has 72 valence electrons. The topological polar surface area (TPSA) is 12.9 Å². The van der Waals surface area contributed by atoms with Crippen LogP contribution >= 0.6 is 15.9 Å². The number of aryl methyl sites for hydroxylation is 1. The first-order valence-corrected chi connectivity index (χ1v) is 4.68. The molecule has 0 spiro atoms. The summed E-state index contributed by atoms with van der Waals surface area (Å²) in [5.74, 6) is -0.862. The Morgan fingerprint density at radius 2 is 2.15 bits per heavy atom. The van der Waals surface area contributed by atoms with E-state index in [0.29, 0.717) is 0 Å². The molecule has 0 bridgehead atoms. The van der Waals surface area contributed by atoms with E-state index in [1.165, 1.54) is 13.1 Å². The molecule has 0 saturated carbocycles. The second-order valence-corrected chi connectivity index (χ2v) is 3.11. The predicted octanol–water partition coefficient (Wildman–Crippen LogP) is 3.36. The van der Waals surface area contributed by atoms with E-state index in [9.17, 15) is 13.2 Å². The lowest BCUT2D eigenvalue weighted by molar-refractivity contribution is 0.144. The zero-order valence-electron chi connectivity index (χ0n) is 6.82. The Morgan fingerprint density at radius 1 is 1.54 bits per heavy atom. The molecule has 1 rings (SSSR count). The molecule has 0 unspecified atom stereocenters. The van der Waals surface area contributed by atoms with Gasteiger partial charge in [-0.3, -0.25) is 4.98 Å². The first-order chi connectivity index (χ1) is 6.07. The highest BCUT2D eigenvalue weighted by molar-refractivity contribution is 9.08. The van der Waals surface area contributed by atoms with Gasteiger partial charge in [-0.25, -0.2) is 13.2 Å². The molecular formula is C8H7BrF3N. The van der Waals surface area contributed by atoms with Crippen LogP contribution in [-0.4, -0.2) is 4.98 Å². The maximum absolute atomic E-state index is 13.2. The second kappa shape index (κ2) is 4.09. The van der Waals surface area contributed by atoms with Gasteiger partial charge in [-0.2, -0.15) is 0 Å². The summed E-state index contributed by atoms with van der Waals surface area (Å²) < 4.78 is 37.9. The van der Waals surface area contributed by atoms with Gasteiger partial charge in [0, 0.05) is 17.1 Å². The van der Waals surface area contributed by atoms with Crippen molar-refractivity contribution in [1.82, 2.24) is 4.98 Å². The quantitative estimate of drug-likeness (QED) is 0.737. The summed E-state index contributed by atoms with van der Waals surface area (Å²) >= 11 is 2.97. The summed E-state index contributed by atoms with van der Waals surface area (Å²) in [7, 11) is 0. The number of halogens is 4. The molecule has 5 heteroatoms. The average Bonchev–Trinajstić information content (AvgIpc) is 2.08. The van der Waals surface area contributed by atoms with E-state index in [1.54, 1.807) is 0 Å². The third-order valence-corrected chi connectivity index (χ3v) is 2.18. The fourth-order valence-electron chi connectivity index (χ4n) is 0.968. The highest BCUT2D eigenvalue weighted by Gasteiger charge is 2.20. The predicted molar refractivity (Wildman–Crippen MR) is 46.5 cm³/mol. The van der Waals surface area contributed by atoms with Gasteiger partial charge >= 0.3 is 0 Å². The molecule has 0 saturated heterocycles. The van der Waals surface area contributed by atoms with Crippen molar-refractivity contribution in [3.63, 3.8) is 0 Å². The summed E-state index contributed by atoms with van der Waals surface area (Å²) in [6.45, 7) is 1.41. The molecule has 0 aliphatic rings. The number of hydrogen-bond donors (Lipinski definition) is 0. The lowest BCUT2D eigenvalue weighted by Gasteiger charge is -2.08. The smallest absolute Gasteiger partial charge is 0.259 e.